The van der Waals surface area contributed by atoms with Crippen molar-refractivity contribution >= 4 is 29.1 Å². The molecule has 0 saturated carbocycles. The predicted octanol–water partition coefficient (Wildman–Crippen LogP) is 5.01. The van der Waals surface area contributed by atoms with Gasteiger partial charge in [-0.1, -0.05) is 48.9 Å². The first-order chi connectivity index (χ1) is 24.0. The number of ether oxygens (including phenoxy) is 6. The van der Waals surface area contributed by atoms with Crippen LogP contribution in [0.25, 0.3) is 0 Å². The minimum absolute atomic E-state index is 0.0130. The molecule has 5 rings (SSSR count). The van der Waals surface area contributed by atoms with Gasteiger partial charge in [0.05, 0.1) is 48.2 Å². The Morgan fingerprint density at radius 1 is 0.960 bits per heavy atom. The van der Waals surface area contributed by atoms with Gasteiger partial charge < -0.3 is 44.0 Å². The van der Waals surface area contributed by atoms with Crippen LogP contribution in [0.2, 0.25) is 5.02 Å². The van der Waals surface area contributed by atoms with E-state index in [9.17, 15) is 24.6 Å². The van der Waals surface area contributed by atoms with Crippen LogP contribution < -0.4 is 33.7 Å². The summed E-state index contributed by atoms with van der Waals surface area (Å²) in [7, 11) is 7.04. The van der Waals surface area contributed by atoms with Gasteiger partial charge in [-0.05, 0) is 29.7 Å². The van der Waals surface area contributed by atoms with Crippen LogP contribution in [0, 0.1) is 5.92 Å². The lowest BCUT2D eigenvalue weighted by Crippen LogP contribution is -2.53. The van der Waals surface area contributed by atoms with Crippen molar-refractivity contribution in [1.82, 2.24) is 5.32 Å². The van der Waals surface area contributed by atoms with E-state index >= 15 is 0 Å². The summed E-state index contributed by atoms with van der Waals surface area (Å²) in [5.74, 6) is -3.40. The molecule has 4 atom stereocenters. The quantitative estimate of drug-likeness (QED) is 0.219. The Hall–Kier alpha value is -4.94. The molecule has 1 amide bonds. The summed E-state index contributed by atoms with van der Waals surface area (Å²) in [6.07, 6.45) is -0.247. The van der Waals surface area contributed by atoms with E-state index in [-0.39, 0.29) is 70.1 Å². The standard InChI is InChI=1S/C37H40ClNO11/c1-19-12-24(41)30(35(43)37(19)36(44)31-25(45-2)17-26(46-3)32(38)34(31)50-37)23(21-14-27(47-4)33(49-6)28(15-21)48-5)16-29(42)39-22(18-40)13-20-10-8-7-9-11-20/h7-11,14-15,17,19,22-23,40,43H,12-13,16,18H2,1-6H3,(H,39,42). The summed E-state index contributed by atoms with van der Waals surface area (Å²) in [5, 5.41) is 25.2. The van der Waals surface area contributed by atoms with Crippen LogP contribution in [0.4, 0.5) is 0 Å². The number of carbonyl (C=O) groups excluding carboxylic acids is 3. The average molecular weight is 710 g/mol. The first-order valence-corrected chi connectivity index (χ1v) is 16.3. The molecule has 0 bridgehead atoms. The summed E-state index contributed by atoms with van der Waals surface area (Å²) in [6, 6.07) is 13.3. The van der Waals surface area contributed by atoms with Crippen molar-refractivity contribution in [3.8, 4) is 34.5 Å². The molecular weight excluding hydrogens is 670 g/mol. The number of fused-ring (bicyclic) bond motifs is 1. The topological polar surface area (TPSA) is 159 Å². The number of carbonyl (C=O) groups is 3. The number of methoxy groups -OCH3 is 5. The largest absolute Gasteiger partial charge is 0.507 e. The fourth-order valence-corrected chi connectivity index (χ4v) is 7.02. The second-order valence-electron chi connectivity index (χ2n) is 12.1. The highest BCUT2D eigenvalue weighted by Gasteiger charge is 2.61. The lowest BCUT2D eigenvalue weighted by molar-refractivity contribution is -0.122. The predicted molar refractivity (Wildman–Crippen MR) is 183 cm³/mol. The molecule has 0 aromatic heterocycles. The molecule has 0 radical (unpaired) electrons. The Labute approximate surface area is 294 Å². The van der Waals surface area contributed by atoms with Crippen LogP contribution in [-0.4, -0.2) is 81.5 Å². The molecule has 1 aliphatic carbocycles. The van der Waals surface area contributed by atoms with Crippen molar-refractivity contribution in [2.75, 3.05) is 42.2 Å². The number of aliphatic hydroxyl groups excluding tert-OH is 2. The van der Waals surface area contributed by atoms with Gasteiger partial charge in [-0.15, -0.1) is 0 Å². The third-order valence-electron chi connectivity index (χ3n) is 9.25. The Balaban J connectivity index is 1.66. The monoisotopic (exact) mass is 709 g/mol. The summed E-state index contributed by atoms with van der Waals surface area (Å²) in [6.45, 7) is 1.26. The number of hydrogen-bond acceptors (Lipinski definition) is 11. The zero-order valence-electron chi connectivity index (χ0n) is 28.6. The number of benzene rings is 3. The molecule has 50 heavy (non-hydrogen) atoms. The maximum absolute atomic E-state index is 14.4. The summed E-state index contributed by atoms with van der Waals surface area (Å²) in [5.41, 5.74) is -1.06. The van der Waals surface area contributed by atoms with Gasteiger partial charge >= 0.3 is 0 Å². The van der Waals surface area contributed by atoms with Gasteiger partial charge in [-0.2, -0.15) is 0 Å². The van der Waals surface area contributed by atoms with Gasteiger partial charge in [0, 0.05) is 36.3 Å². The van der Waals surface area contributed by atoms with Crippen molar-refractivity contribution in [3.63, 3.8) is 0 Å². The molecule has 3 aromatic carbocycles. The van der Waals surface area contributed by atoms with E-state index in [1.165, 1.54) is 41.6 Å². The van der Waals surface area contributed by atoms with Crippen LogP contribution in [-0.2, 0) is 16.0 Å². The highest BCUT2D eigenvalue weighted by atomic mass is 35.5. The van der Waals surface area contributed by atoms with Crippen molar-refractivity contribution in [2.24, 2.45) is 5.92 Å². The van der Waals surface area contributed by atoms with Crippen molar-refractivity contribution in [1.29, 1.82) is 0 Å². The van der Waals surface area contributed by atoms with Gasteiger partial charge in [-0.25, -0.2) is 0 Å². The number of allylic oxidation sites excluding steroid dienone is 1. The Bertz CT molecular complexity index is 1800. The number of amides is 1. The van der Waals surface area contributed by atoms with Gasteiger partial charge in [0.2, 0.25) is 23.0 Å². The van der Waals surface area contributed by atoms with Crippen LogP contribution in [0.1, 0.15) is 47.2 Å². The summed E-state index contributed by atoms with van der Waals surface area (Å²) >= 11 is 6.62. The number of hydrogen-bond donors (Lipinski definition) is 3. The van der Waals surface area contributed by atoms with Crippen LogP contribution in [0.15, 0.2) is 59.9 Å². The molecule has 0 fully saturated rings. The zero-order valence-corrected chi connectivity index (χ0v) is 29.4. The lowest BCUT2D eigenvalue weighted by atomic mass is 9.69. The Kier molecular flexibility index (Phi) is 10.8. The smallest absolute Gasteiger partial charge is 0.231 e. The molecule has 13 heteroatoms. The molecule has 3 N–H and O–H groups in total. The second kappa shape index (κ2) is 14.9. The third-order valence-corrected chi connectivity index (χ3v) is 9.61. The first-order valence-electron chi connectivity index (χ1n) is 15.9. The number of rotatable bonds is 13. The SMILES string of the molecule is COc1cc(OC)c2c(c1Cl)OC1(C2=O)C(O)=C(C(CC(=O)NC(CO)Cc2ccccc2)c2cc(OC)c(OC)c(OC)c2)C(=O)CC1C. The zero-order chi connectivity index (χ0) is 36.3. The van der Waals surface area contributed by atoms with E-state index in [2.05, 4.69) is 5.32 Å². The number of ketones is 2. The molecule has 4 unspecified atom stereocenters. The maximum Gasteiger partial charge on any atom is 0.231 e. The number of nitrogens with one attached hydrogen (secondary N) is 1. The highest BCUT2D eigenvalue weighted by molar-refractivity contribution is 6.35. The van der Waals surface area contributed by atoms with Gasteiger partial charge in [0.1, 0.15) is 22.1 Å². The highest BCUT2D eigenvalue weighted by Crippen LogP contribution is 2.56. The summed E-state index contributed by atoms with van der Waals surface area (Å²) in [4.78, 5) is 42.3. The molecule has 266 valence electrons. The first kappa shape index (κ1) is 36.3. The van der Waals surface area contributed by atoms with Crippen molar-refractivity contribution < 1.29 is 53.0 Å². The van der Waals surface area contributed by atoms with E-state index < -0.39 is 46.7 Å². The summed E-state index contributed by atoms with van der Waals surface area (Å²) < 4.78 is 33.8. The Morgan fingerprint density at radius 2 is 1.58 bits per heavy atom. The normalized spacial score (nSPS) is 19.4. The van der Waals surface area contributed by atoms with Gasteiger partial charge in [0.25, 0.3) is 0 Å². The molecule has 2 aliphatic rings. The molecule has 12 nitrogen and oxygen atoms in total. The number of Topliss-reactive ketones (excluding diaryl/α,β-unsaturated/α-hetero) is 2. The fraction of sp³-hybridized carbons (Fsp3) is 0.378. The van der Waals surface area contributed by atoms with E-state index in [0.717, 1.165) is 5.56 Å². The van der Waals surface area contributed by atoms with E-state index in [1.807, 2.05) is 30.3 Å². The minimum Gasteiger partial charge on any atom is -0.507 e. The van der Waals surface area contributed by atoms with Gasteiger partial charge in [-0.3, -0.25) is 14.4 Å². The van der Waals surface area contributed by atoms with Crippen LogP contribution >= 0.6 is 11.6 Å². The third kappa shape index (κ3) is 6.29. The van der Waals surface area contributed by atoms with Crippen LogP contribution in [0.5, 0.6) is 34.5 Å². The maximum atomic E-state index is 14.4. The number of halogens is 1. The average Bonchev–Trinajstić information content (AvgIpc) is 3.44. The minimum atomic E-state index is -2.08. The molecule has 0 saturated heterocycles. The molecular formula is C37H40ClNO11. The second-order valence-corrected chi connectivity index (χ2v) is 12.5. The van der Waals surface area contributed by atoms with Crippen molar-refractivity contribution in [3.05, 3.63) is 81.6 Å². The van der Waals surface area contributed by atoms with Crippen LogP contribution in [0.3, 0.4) is 0 Å². The number of aliphatic hydroxyl groups is 2. The molecule has 3 aromatic rings. The van der Waals surface area contributed by atoms with E-state index in [1.54, 1.807) is 19.1 Å². The molecule has 1 aliphatic heterocycles. The van der Waals surface area contributed by atoms with E-state index in [0.29, 0.717) is 12.0 Å². The lowest BCUT2D eigenvalue weighted by Gasteiger charge is -2.39. The van der Waals surface area contributed by atoms with E-state index in [4.69, 9.17) is 40.0 Å². The Morgan fingerprint density at radius 3 is 2.14 bits per heavy atom. The molecule has 1 heterocycles. The fourth-order valence-electron chi connectivity index (χ4n) is 6.76. The van der Waals surface area contributed by atoms with Gasteiger partial charge in [0.15, 0.2) is 28.8 Å². The van der Waals surface area contributed by atoms with Crippen molar-refractivity contribution in [2.45, 2.75) is 43.7 Å². The molecule has 1 spiro atoms.